The molecule has 29 heavy (non-hydrogen) atoms. The summed E-state index contributed by atoms with van der Waals surface area (Å²) in [5, 5.41) is 20.3. The quantitative estimate of drug-likeness (QED) is 0.560. The molecule has 0 aromatic heterocycles. The number of benzene rings is 2. The molecule has 1 N–H and O–H groups in total. The largest absolute Gasteiger partial charge is 0.496 e. The zero-order chi connectivity index (χ0) is 20.9. The van der Waals surface area contributed by atoms with Gasteiger partial charge in [0.25, 0.3) is 5.69 Å². The van der Waals surface area contributed by atoms with E-state index in [0.29, 0.717) is 43.9 Å². The normalized spacial score (nSPS) is 15.7. The monoisotopic (exact) mass is 400 g/mol. The number of nitro benzene ring substituents is 1. The van der Waals surface area contributed by atoms with Crippen LogP contribution < -0.4 is 4.74 Å². The Kier molecular flexibility index (Phi) is 6.33. The molecule has 1 aliphatic heterocycles. The standard InChI is InChI=1S/C21H24N2O6/c1-28-19-8-7-18(23(26)27)13-16(19)14-29-15-21(17-5-3-2-4-6-17)9-11-22(12-10-21)20(24)25/h2-8,13H,9-12,14-15H2,1H3,(H,24,25). The second-order valence-electron chi connectivity index (χ2n) is 7.16. The molecule has 0 unspecified atom stereocenters. The topological polar surface area (TPSA) is 102 Å². The summed E-state index contributed by atoms with van der Waals surface area (Å²) in [6.45, 7) is 1.43. The number of ether oxygens (including phenoxy) is 2. The van der Waals surface area contributed by atoms with Crippen molar-refractivity contribution in [2.75, 3.05) is 26.8 Å². The zero-order valence-corrected chi connectivity index (χ0v) is 16.2. The lowest BCUT2D eigenvalue weighted by Crippen LogP contribution is -2.47. The number of amides is 1. The van der Waals surface area contributed by atoms with Gasteiger partial charge in [-0.05, 0) is 24.5 Å². The Labute approximate surface area is 168 Å². The first kappa shape index (κ1) is 20.6. The molecule has 0 radical (unpaired) electrons. The van der Waals surface area contributed by atoms with Crippen LogP contribution in [0, 0.1) is 10.1 Å². The van der Waals surface area contributed by atoms with Crippen molar-refractivity contribution in [1.82, 2.24) is 4.90 Å². The molecule has 1 aliphatic rings. The summed E-state index contributed by atoms with van der Waals surface area (Å²) in [5.41, 5.74) is 1.39. The zero-order valence-electron chi connectivity index (χ0n) is 16.2. The van der Waals surface area contributed by atoms with E-state index in [4.69, 9.17) is 9.47 Å². The predicted octanol–water partition coefficient (Wildman–Crippen LogP) is 3.83. The molecule has 0 spiro atoms. The lowest BCUT2D eigenvalue weighted by atomic mass is 9.73. The molecule has 1 saturated heterocycles. The van der Waals surface area contributed by atoms with Gasteiger partial charge in [0.2, 0.25) is 0 Å². The number of carboxylic acid groups (broad SMARTS) is 1. The van der Waals surface area contributed by atoms with Crippen LogP contribution >= 0.6 is 0 Å². The summed E-state index contributed by atoms with van der Waals surface area (Å²) in [4.78, 5) is 23.3. The molecule has 0 atom stereocenters. The van der Waals surface area contributed by atoms with Crippen LogP contribution in [0.25, 0.3) is 0 Å². The summed E-state index contributed by atoms with van der Waals surface area (Å²) >= 11 is 0. The molecule has 3 rings (SSSR count). The number of likely N-dealkylation sites (tertiary alicyclic amines) is 1. The Morgan fingerprint density at radius 3 is 2.48 bits per heavy atom. The molecule has 1 fully saturated rings. The molecule has 0 bridgehead atoms. The molecule has 2 aromatic rings. The van der Waals surface area contributed by atoms with Gasteiger partial charge in [0.05, 0.1) is 25.2 Å². The number of non-ortho nitro benzene ring substituents is 1. The maximum atomic E-state index is 11.3. The molecule has 8 nitrogen and oxygen atoms in total. The van der Waals surface area contributed by atoms with Gasteiger partial charge in [0.15, 0.2) is 0 Å². The molecular weight excluding hydrogens is 376 g/mol. The van der Waals surface area contributed by atoms with Gasteiger partial charge in [0, 0.05) is 36.2 Å². The van der Waals surface area contributed by atoms with Crippen molar-refractivity contribution in [1.29, 1.82) is 0 Å². The number of hydrogen-bond donors (Lipinski definition) is 1. The van der Waals surface area contributed by atoms with Crippen molar-refractivity contribution in [2.24, 2.45) is 0 Å². The first-order chi connectivity index (χ1) is 13.9. The Morgan fingerprint density at radius 2 is 1.90 bits per heavy atom. The Bertz CT molecular complexity index is 863. The van der Waals surface area contributed by atoms with Crippen molar-refractivity contribution in [3.63, 3.8) is 0 Å². The lowest BCUT2D eigenvalue weighted by molar-refractivity contribution is -0.385. The summed E-state index contributed by atoms with van der Waals surface area (Å²) in [6.07, 6.45) is 0.388. The van der Waals surface area contributed by atoms with Crippen molar-refractivity contribution in [2.45, 2.75) is 24.9 Å². The summed E-state index contributed by atoms with van der Waals surface area (Å²) in [6, 6.07) is 14.4. The van der Waals surface area contributed by atoms with E-state index in [1.807, 2.05) is 30.3 Å². The molecule has 154 valence electrons. The van der Waals surface area contributed by atoms with Gasteiger partial charge < -0.3 is 19.5 Å². The van der Waals surface area contributed by atoms with Crippen molar-refractivity contribution >= 4 is 11.8 Å². The number of carbonyl (C=O) groups is 1. The van der Waals surface area contributed by atoms with Crippen LogP contribution in [0.4, 0.5) is 10.5 Å². The fraction of sp³-hybridized carbons (Fsp3) is 0.381. The Hall–Kier alpha value is -3.13. The predicted molar refractivity (Wildman–Crippen MR) is 106 cm³/mol. The third-order valence-corrected chi connectivity index (χ3v) is 5.49. The summed E-state index contributed by atoms with van der Waals surface area (Å²) in [7, 11) is 1.51. The molecule has 0 saturated carbocycles. The number of hydrogen-bond acceptors (Lipinski definition) is 5. The third kappa shape index (κ3) is 4.65. The van der Waals surface area contributed by atoms with Gasteiger partial charge >= 0.3 is 6.09 Å². The first-order valence-corrected chi connectivity index (χ1v) is 9.38. The maximum Gasteiger partial charge on any atom is 0.407 e. The number of piperidine rings is 1. The van der Waals surface area contributed by atoms with Crippen LogP contribution in [-0.4, -0.2) is 47.8 Å². The molecular formula is C21H24N2O6. The molecule has 0 aliphatic carbocycles. The summed E-state index contributed by atoms with van der Waals surface area (Å²) < 4.78 is 11.3. The number of nitro groups is 1. The highest BCUT2D eigenvalue weighted by Gasteiger charge is 2.37. The van der Waals surface area contributed by atoms with Crippen LogP contribution in [0.5, 0.6) is 5.75 Å². The number of nitrogens with zero attached hydrogens (tertiary/aromatic N) is 2. The number of methoxy groups -OCH3 is 1. The van der Waals surface area contributed by atoms with Gasteiger partial charge in [-0.2, -0.15) is 0 Å². The molecule has 2 aromatic carbocycles. The van der Waals surface area contributed by atoms with Crippen LogP contribution in [0.15, 0.2) is 48.5 Å². The van der Waals surface area contributed by atoms with E-state index in [-0.39, 0.29) is 17.7 Å². The lowest BCUT2D eigenvalue weighted by Gasteiger charge is -2.41. The highest BCUT2D eigenvalue weighted by molar-refractivity contribution is 5.65. The van der Waals surface area contributed by atoms with E-state index in [9.17, 15) is 20.0 Å². The van der Waals surface area contributed by atoms with Gasteiger partial charge in [-0.1, -0.05) is 30.3 Å². The smallest absolute Gasteiger partial charge is 0.407 e. The second kappa shape index (κ2) is 8.91. The minimum absolute atomic E-state index is 0.0167. The van der Waals surface area contributed by atoms with E-state index in [2.05, 4.69) is 0 Å². The summed E-state index contributed by atoms with van der Waals surface area (Å²) in [5.74, 6) is 0.532. The first-order valence-electron chi connectivity index (χ1n) is 9.38. The fourth-order valence-electron chi connectivity index (χ4n) is 3.78. The van der Waals surface area contributed by atoms with Gasteiger partial charge in [0.1, 0.15) is 5.75 Å². The van der Waals surface area contributed by atoms with E-state index < -0.39 is 11.0 Å². The maximum absolute atomic E-state index is 11.3. The fourth-order valence-corrected chi connectivity index (χ4v) is 3.78. The van der Waals surface area contributed by atoms with E-state index in [1.54, 1.807) is 6.07 Å². The van der Waals surface area contributed by atoms with Gasteiger partial charge in [-0.3, -0.25) is 10.1 Å². The highest BCUT2D eigenvalue weighted by Crippen LogP contribution is 2.36. The van der Waals surface area contributed by atoms with Crippen LogP contribution in [0.2, 0.25) is 0 Å². The molecule has 1 amide bonds. The van der Waals surface area contributed by atoms with Crippen molar-refractivity contribution in [3.8, 4) is 5.75 Å². The average Bonchev–Trinajstić information content (AvgIpc) is 2.74. The van der Waals surface area contributed by atoms with Gasteiger partial charge in [-0.25, -0.2) is 4.79 Å². The van der Waals surface area contributed by atoms with Crippen LogP contribution in [0.1, 0.15) is 24.0 Å². The van der Waals surface area contributed by atoms with Crippen LogP contribution in [0.3, 0.4) is 0 Å². The van der Waals surface area contributed by atoms with E-state index >= 15 is 0 Å². The molecule has 1 heterocycles. The van der Waals surface area contributed by atoms with Gasteiger partial charge in [-0.15, -0.1) is 0 Å². The Morgan fingerprint density at radius 1 is 1.21 bits per heavy atom. The van der Waals surface area contributed by atoms with E-state index in [0.717, 1.165) is 5.56 Å². The number of rotatable bonds is 7. The average molecular weight is 400 g/mol. The third-order valence-electron chi connectivity index (χ3n) is 5.49. The SMILES string of the molecule is COc1ccc([N+](=O)[O-])cc1COCC1(c2ccccc2)CCN(C(=O)O)CC1. The van der Waals surface area contributed by atoms with Crippen molar-refractivity contribution < 1.29 is 24.3 Å². The Balaban J connectivity index is 1.76. The highest BCUT2D eigenvalue weighted by atomic mass is 16.6. The van der Waals surface area contributed by atoms with Crippen LogP contribution in [-0.2, 0) is 16.8 Å². The minimum Gasteiger partial charge on any atom is -0.496 e. The minimum atomic E-state index is -0.908. The molecule has 8 heteroatoms. The van der Waals surface area contributed by atoms with Crippen molar-refractivity contribution in [3.05, 3.63) is 69.8 Å². The second-order valence-corrected chi connectivity index (χ2v) is 7.16. The van der Waals surface area contributed by atoms with E-state index in [1.165, 1.54) is 24.1 Å².